The highest BCUT2D eigenvalue weighted by atomic mass is 32.2. The number of hydrogen-bond donors (Lipinski definition) is 2. The number of alkyl carbamates (subject to hydrolysis) is 1. The summed E-state index contributed by atoms with van der Waals surface area (Å²) in [6.45, 7) is 5.49. The van der Waals surface area contributed by atoms with Crippen LogP contribution in [0.5, 0.6) is 0 Å². The van der Waals surface area contributed by atoms with Gasteiger partial charge in [-0.1, -0.05) is 44.2 Å². The number of ether oxygens (including phenoxy) is 1. The molecule has 2 unspecified atom stereocenters. The first-order valence-corrected chi connectivity index (χ1v) is 12.2. The molecule has 0 fully saturated rings. The van der Waals surface area contributed by atoms with E-state index >= 15 is 0 Å². The highest BCUT2D eigenvalue weighted by molar-refractivity contribution is 7.89. The van der Waals surface area contributed by atoms with Gasteiger partial charge in [-0.3, -0.25) is 0 Å². The summed E-state index contributed by atoms with van der Waals surface area (Å²) in [4.78, 5) is 22.7. The van der Waals surface area contributed by atoms with Crippen LogP contribution in [0.4, 0.5) is 10.5 Å². The molecule has 2 aromatic carbocycles. The van der Waals surface area contributed by atoms with Gasteiger partial charge in [-0.2, -0.15) is 4.31 Å². The molecule has 0 radical (unpaired) electrons. The fourth-order valence-electron chi connectivity index (χ4n) is 3.32. The van der Waals surface area contributed by atoms with Crippen molar-refractivity contribution in [3.63, 3.8) is 0 Å². The lowest BCUT2D eigenvalue weighted by molar-refractivity contribution is 0.0906. The number of nitrogens with zero attached hydrogens (tertiary/aromatic N) is 2. The Bertz CT molecular complexity index is 997. The SMILES string of the molecule is CCOC(=O)NC(Cc1ccccc1)C(O)CN(CC(C)C)S(=O)(=O)c1ccc(N=O)cc1. The van der Waals surface area contributed by atoms with E-state index in [0.717, 1.165) is 5.56 Å². The molecule has 0 spiro atoms. The van der Waals surface area contributed by atoms with Gasteiger partial charge in [0.05, 0.1) is 23.6 Å². The third-order valence-corrected chi connectivity index (χ3v) is 6.73. The number of sulfonamides is 1. The van der Waals surface area contributed by atoms with E-state index in [0.29, 0.717) is 0 Å². The van der Waals surface area contributed by atoms with Crippen molar-refractivity contribution < 1.29 is 23.1 Å². The Morgan fingerprint density at radius 2 is 1.73 bits per heavy atom. The normalized spacial score (nSPS) is 13.5. The second-order valence-corrected chi connectivity index (χ2v) is 9.97. The van der Waals surface area contributed by atoms with Crippen molar-refractivity contribution >= 4 is 21.8 Å². The molecular formula is C23H31N3O6S. The first-order valence-electron chi connectivity index (χ1n) is 10.8. The van der Waals surface area contributed by atoms with E-state index in [1.54, 1.807) is 6.92 Å². The number of aliphatic hydroxyl groups excluding tert-OH is 1. The fourth-order valence-corrected chi connectivity index (χ4v) is 4.94. The van der Waals surface area contributed by atoms with Crippen molar-refractivity contribution in [3.8, 4) is 0 Å². The van der Waals surface area contributed by atoms with Crippen LogP contribution in [0.25, 0.3) is 0 Å². The topological polar surface area (TPSA) is 125 Å². The minimum absolute atomic E-state index is 0.0132. The number of nitrogens with one attached hydrogen (secondary N) is 1. The van der Waals surface area contributed by atoms with Crippen LogP contribution in [0.2, 0.25) is 0 Å². The van der Waals surface area contributed by atoms with Crippen LogP contribution < -0.4 is 5.32 Å². The molecule has 10 heteroatoms. The Morgan fingerprint density at radius 3 is 2.27 bits per heavy atom. The van der Waals surface area contributed by atoms with E-state index in [1.165, 1.54) is 28.6 Å². The van der Waals surface area contributed by atoms with Crippen molar-refractivity contribution in [2.24, 2.45) is 11.1 Å². The van der Waals surface area contributed by atoms with Crippen LogP contribution >= 0.6 is 0 Å². The van der Waals surface area contributed by atoms with Crippen molar-refractivity contribution in [2.75, 3.05) is 19.7 Å². The zero-order valence-corrected chi connectivity index (χ0v) is 19.9. The van der Waals surface area contributed by atoms with Crippen LogP contribution in [0.3, 0.4) is 0 Å². The van der Waals surface area contributed by atoms with Crippen molar-refractivity contribution in [3.05, 3.63) is 65.1 Å². The maximum Gasteiger partial charge on any atom is 0.407 e. The second-order valence-electron chi connectivity index (χ2n) is 8.03. The lowest BCUT2D eigenvalue weighted by Crippen LogP contribution is -2.51. The van der Waals surface area contributed by atoms with Crippen LogP contribution in [-0.2, 0) is 21.2 Å². The molecule has 0 aliphatic carbocycles. The summed E-state index contributed by atoms with van der Waals surface area (Å²) in [5.41, 5.74) is 0.986. The maximum atomic E-state index is 13.3. The van der Waals surface area contributed by atoms with Crippen LogP contribution in [0, 0.1) is 10.8 Å². The summed E-state index contributed by atoms with van der Waals surface area (Å²) >= 11 is 0. The molecule has 180 valence electrons. The van der Waals surface area contributed by atoms with E-state index in [1.807, 2.05) is 44.2 Å². The van der Waals surface area contributed by atoms with Crippen molar-refractivity contribution in [2.45, 2.75) is 44.2 Å². The molecule has 2 N–H and O–H groups in total. The van der Waals surface area contributed by atoms with Gasteiger partial charge in [0.1, 0.15) is 5.69 Å². The summed E-state index contributed by atoms with van der Waals surface area (Å²) in [5, 5.41) is 16.5. The Hall–Kier alpha value is -2.82. The van der Waals surface area contributed by atoms with Gasteiger partial charge in [0.25, 0.3) is 0 Å². The summed E-state index contributed by atoms with van der Waals surface area (Å²) < 4.78 is 32.8. The lowest BCUT2D eigenvalue weighted by Gasteiger charge is -2.30. The smallest absolute Gasteiger partial charge is 0.407 e. The predicted octanol–water partition coefficient (Wildman–Crippen LogP) is 3.45. The molecule has 0 saturated heterocycles. The van der Waals surface area contributed by atoms with E-state index in [2.05, 4.69) is 10.5 Å². The monoisotopic (exact) mass is 477 g/mol. The predicted molar refractivity (Wildman–Crippen MR) is 126 cm³/mol. The van der Waals surface area contributed by atoms with Gasteiger partial charge in [-0.15, -0.1) is 4.91 Å². The summed E-state index contributed by atoms with van der Waals surface area (Å²) in [6, 6.07) is 13.7. The molecular weight excluding hydrogens is 446 g/mol. The molecule has 2 atom stereocenters. The van der Waals surface area contributed by atoms with E-state index in [4.69, 9.17) is 4.74 Å². The van der Waals surface area contributed by atoms with Crippen molar-refractivity contribution in [1.29, 1.82) is 0 Å². The number of carbonyl (C=O) groups is 1. The zero-order valence-electron chi connectivity index (χ0n) is 19.0. The van der Waals surface area contributed by atoms with E-state index < -0.39 is 28.3 Å². The zero-order chi connectivity index (χ0) is 24.4. The van der Waals surface area contributed by atoms with E-state index in [9.17, 15) is 23.2 Å². The van der Waals surface area contributed by atoms with Gasteiger partial charge in [0.15, 0.2) is 0 Å². The molecule has 33 heavy (non-hydrogen) atoms. The Labute approximate surface area is 194 Å². The number of rotatable bonds is 12. The van der Waals surface area contributed by atoms with E-state index in [-0.39, 0.29) is 42.6 Å². The fraction of sp³-hybridized carbons (Fsp3) is 0.435. The average molecular weight is 478 g/mol. The molecule has 1 amide bonds. The van der Waals surface area contributed by atoms with Crippen LogP contribution in [-0.4, -0.2) is 55.8 Å². The van der Waals surface area contributed by atoms with Gasteiger partial charge in [-0.05, 0) is 54.3 Å². The summed E-state index contributed by atoms with van der Waals surface area (Å²) in [6.07, 6.45) is -1.61. The minimum Gasteiger partial charge on any atom is -0.450 e. The number of aliphatic hydroxyl groups is 1. The number of amides is 1. The number of benzene rings is 2. The maximum absolute atomic E-state index is 13.3. The first-order chi connectivity index (χ1) is 15.7. The molecule has 0 aromatic heterocycles. The van der Waals surface area contributed by atoms with Crippen molar-refractivity contribution in [1.82, 2.24) is 9.62 Å². The van der Waals surface area contributed by atoms with Gasteiger partial charge in [0.2, 0.25) is 10.0 Å². The largest absolute Gasteiger partial charge is 0.450 e. The molecule has 0 heterocycles. The third-order valence-electron chi connectivity index (χ3n) is 4.88. The molecule has 2 rings (SSSR count). The quantitative estimate of drug-likeness (QED) is 0.451. The van der Waals surface area contributed by atoms with Crippen LogP contribution in [0.15, 0.2) is 64.7 Å². The lowest BCUT2D eigenvalue weighted by atomic mass is 10.0. The minimum atomic E-state index is -3.98. The Balaban J connectivity index is 2.29. The molecule has 0 aliphatic heterocycles. The molecule has 2 aromatic rings. The molecule has 9 nitrogen and oxygen atoms in total. The summed E-state index contributed by atoms with van der Waals surface area (Å²) in [7, 11) is -3.98. The Kier molecular flexibility index (Phi) is 9.95. The molecule has 0 saturated carbocycles. The summed E-state index contributed by atoms with van der Waals surface area (Å²) in [5.74, 6) is -0.0199. The standard InChI is InChI=1S/C23H31N3O6S/c1-4-32-23(28)24-21(14-18-8-6-5-7-9-18)22(27)16-26(15-17(2)3)33(30,31)20-12-10-19(25-29)11-13-20/h5-13,17,21-22,27H,4,14-16H2,1-3H3,(H,24,28). The second kappa shape index (κ2) is 12.4. The molecule has 0 aliphatic rings. The third kappa shape index (κ3) is 7.92. The number of hydrogen-bond acceptors (Lipinski definition) is 7. The number of nitroso groups, excluding NO2 is 1. The van der Waals surface area contributed by atoms with Gasteiger partial charge in [0, 0.05) is 13.1 Å². The highest BCUT2D eigenvalue weighted by Gasteiger charge is 2.31. The van der Waals surface area contributed by atoms with Gasteiger partial charge in [-0.25, -0.2) is 13.2 Å². The molecule has 0 bridgehead atoms. The highest BCUT2D eigenvalue weighted by Crippen LogP contribution is 2.22. The average Bonchev–Trinajstić information content (AvgIpc) is 2.78. The number of carbonyl (C=O) groups excluding carboxylic acids is 1. The van der Waals surface area contributed by atoms with Gasteiger partial charge < -0.3 is 15.2 Å². The van der Waals surface area contributed by atoms with Crippen LogP contribution in [0.1, 0.15) is 26.3 Å². The first kappa shape index (κ1) is 26.4. The van der Waals surface area contributed by atoms with Gasteiger partial charge >= 0.3 is 6.09 Å². The Morgan fingerprint density at radius 1 is 1.09 bits per heavy atom.